The van der Waals surface area contributed by atoms with Gasteiger partial charge in [0, 0.05) is 11.1 Å². The predicted molar refractivity (Wildman–Crippen MR) is 75.2 cm³/mol. The Kier molecular flexibility index (Phi) is 3.85. The fourth-order valence-corrected chi connectivity index (χ4v) is 1.92. The van der Waals surface area contributed by atoms with Crippen LogP contribution < -0.4 is 10.5 Å². The van der Waals surface area contributed by atoms with Crippen LogP contribution in [0.1, 0.15) is 27.0 Å². The molecule has 0 heterocycles. The Morgan fingerprint density at radius 2 is 1.84 bits per heavy atom. The average molecular weight is 255 g/mol. The van der Waals surface area contributed by atoms with Crippen LogP contribution in [0.3, 0.4) is 0 Å². The standard InChI is InChI=1S/C16H17NO2/c1-11-6-5-9-15(12(11)2)19-10-13-7-3-4-8-14(13)16(17)18/h3-9H,10H2,1-2H3,(H2,17,18). The number of carbonyl (C=O) groups excluding carboxylic acids is 1. The van der Waals surface area contributed by atoms with Crippen molar-refractivity contribution in [3.05, 3.63) is 64.7 Å². The van der Waals surface area contributed by atoms with E-state index in [1.54, 1.807) is 12.1 Å². The van der Waals surface area contributed by atoms with Crippen molar-refractivity contribution in [1.82, 2.24) is 0 Å². The molecule has 0 spiro atoms. The lowest BCUT2D eigenvalue weighted by Crippen LogP contribution is -2.14. The second kappa shape index (κ2) is 5.57. The second-order valence-corrected chi connectivity index (χ2v) is 4.51. The lowest BCUT2D eigenvalue weighted by molar-refractivity contribution is 0.0998. The minimum absolute atomic E-state index is 0.337. The first-order valence-electron chi connectivity index (χ1n) is 6.16. The molecule has 2 aromatic carbocycles. The van der Waals surface area contributed by atoms with Gasteiger partial charge in [-0.25, -0.2) is 0 Å². The van der Waals surface area contributed by atoms with E-state index < -0.39 is 5.91 Å². The molecule has 0 bridgehead atoms. The Hall–Kier alpha value is -2.29. The van der Waals surface area contributed by atoms with Crippen molar-refractivity contribution in [2.45, 2.75) is 20.5 Å². The number of primary amides is 1. The highest BCUT2D eigenvalue weighted by molar-refractivity contribution is 5.94. The Morgan fingerprint density at radius 1 is 1.11 bits per heavy atom. The van der Waals surface area contributed by atoms with E-state index in [-0.39, 0.29) is 0 Å². The van der Waals surface area contributed by atoms with Gasteiger partial charge in [0.2, 0.25) is 5.91 Å². The first kappa shape index (κ1) is 13.1. The highest BCUT2D eigenvalue weighted by Crippen LogP contribution is 2.22. The van der Waals surface area contributed by atoms with Crippen LogP contribution >= 0.6 is 0 Å². The fourth-order valence-electron chi connectivity index (χ4n) is 1.92. The van der Waals surface area contributed by atoms with E-state index in [9.17, 15) is 4.79 Å². The van der Waals surface area contributed by atoms with Crippen molar-refractivity contribution < 1.29 is 9.53 Å². The van der Waals surface area contributed by atoms with E-state index in [0.29, 0.717) is 12.2 Å². The van der Waals surface area contributed by atoms with Gasteiger partial charge in [0.25, 0.3) is 0 Å². The molecule has 3 heteroatoms. The zero-order valence-electron chi connectivity index (χ0n) is 11.1. The van der Waals surface area contributed by atoms with E-state index in [4.69, 9.17) is 10.5 Å². The number of aryl methyl sites for hydroxylation is 1. The molecule has 19 heavy (non-hydrogen) atoms. The van der Waals surface area contributed by atoms with Gasteiger partial charge in [0.05, 0.1) is 0 Å². The molecule has 3 nitrogen and oxygen atoms in total. The highest BCUT2D eigenvalue weighted by atomic mass is 16.5. The Bertz CT molecular complexity index is 605. The van der Waals surface area contributed by atoms with Crippen LogP contribution in [0.4, 0.5) is 0 Å². The third-order valence-corrected chi connectivity index (χ3v) is 3.22. The van der Waals surface area contributed by atoms with Crippen molar-refractivity contribution in [2.75, 3.05) is 0 Å². The Labute approximate surface area is 113 Å². The van der Waals surface area contributed by atoms with Gasteiger partial charge in [-0.1, -0.05) is 30.3 Å². The normalized spacial score (nSPS) is 10.2. The lowest BCUT2D eigenvalue weighted by Gasteiger charge is -2.12. The molecule has 0 saturated heterocycles. The minimum Gasteiger partial charge on any atom is -0.489 e. The largest absolute Gasteiger partial charge is 0.489 e. The number of hydrogen-bond acceptors (Lipinski definition) is 2. The molecular formula is C16H17NO2. The molecule has 1 amide bonds. The molecule has 0 unspecified atom stereocenters. The van der Waals surface area contributed by atoms with Gasteiger partial charge in [0.15, 0.2) is 0 Å². The molecular weight excluding hydrogens is 238 g/mol. The first-order valence-corrected chi connectivity index (χ1v) is 6.16. The molecule has 0 aliphatic rings. The summed E-state index contributed by atoms with van der Waals surface area (Å²) >= 11 is 0. The van der Waals surface area contributed by atoms with Gasteiger partial charge in [-0.15, -0.1) is 0 Å². The summed E-state index contributed by atoms with van der Waals surface area (Å²) < 4.78 is 5.79. The van der Waals surface area contributed by atoms with E-state index in [1.807, 2.05) is 44.2 Å². The molecule has 0 aromatic heterocycles. The average Bonchev–Trinajstić information content (AvgIpc) is 2.40. The Balaban J connectivity index is 2.19. The van der Waals surface area contributed by atoms with Crippen LogP contribution in [0.2, 0.25) is 0 Å². The summed E-state index contributed by atoms with van der Waals surface area (Å²) in [4.78, 5) is 11.3. The maximum absolute atomic E-state index is 11.3. The summed E-state index contributed by atoms with van der Waals surface area (Å²) in [5.41, 5.74) is 8.94. The molecule has 0 saturated carbocycles. The number of benzene rings is 2. The molecule has 2 rings (SSSR count). The van der Waals surface area contributed by atoms with Crippen molar-refractivity contribution >= 4 is 5.91 Å². The number of hydrogen-bond donors (Lipinski definition) is 1. The van der Waals surface area contributed by atoms with E-state index in [2.05, 4.69) is 0 Å². The molecule has 0 radical (unpaired) electrons. The molecule has 2 N–H and O–H groups in total. The number of carbonyl (C=O) groups is 1. The summed E-state index contributed by atoms with van der Waals surface area (Å²) in [6.45, 7) is 4.40. The van der Waals surface area contributed by atoms with Crippen LogP contribution in [0, 0.1) is 13.8 Å². The van der Waals surface area contributed by atoms with Crippen LogP contribution in [0.25, 0.3) is 0 Å². The summed E-state index contributed by atoms with van der Waals surface area (Å²) in [5, 5.41) is 0. The predicted octanol–water partition coefficient (Wildman–Crippen LogP) is 2.98. The van der Waals surface area contributed by atoms with Crippen molar-refractivity contribution in [2.24, 2.45) is 5.73 Å². The maximum atomic E-state index is 11.3. The van der Waals surface area contributed by atoms with Crippen molar-refractivity contribution in [1.29, 1.82) is 0 Å². The van der Waals surface area contributed by atoms with Crippen LogP contribution in [0.5, 0.6) is 5.75 Å². The van der Waals surface area contributed by atoms with Crippen molar-refractivity contribution in [3.8, 4) is 5.75 Å². The molecule has 0 atom stereocenters. The zero-order chi connectivity index (χ0) is 13.8. The smallest absolute Gasteiger partial charge is 0.249 e. The molecule has 98 valence electrons. The van der Waals surface area contributed by atoms with E-state index in [0.717, 1.165) is 16.9 Å². The number of amides is 1. The third-order valence-electron chi connectivity index (χ3n) is 3.22. The lowest BCUT2D eigenvalue weighted by atomic mass is 10.1. The summed E-state index contributed by atoms with van der Waals surface area (Å²) in [6.07, 6.45) is 0. The maximum Gasteiger partial charge on any atom is 0.249 e. The fraction of sp³-hybridized carbons (Fsp3) is 0.188. The Morgan fingerprint density at radius 3 is 2.58 bits per heavy atom. The van der Waals surface area contributed by atoms with E-state index in [1.165, 1.54) is 5.56 Å². The quantitative estimate of drug-likeness (QED) is 0.913. The van der Waals surface area contributed by atoms with Gasteiger partial charge < -0.3 is 10.5 Å². The van der Waals surface area contributed by atoms with Gasteiger partial charge in [-0.05, 0) is 37.1 Å². The summed E-state index contributed by atoms with van der Waals surface area (Å²) in [5.74, 6) is 0.402. The highest BCUT2D eigenvalue weighted by Gasteiger charge is 2.08. The molecule has 0 aliphatic carbocycles. The SMILES string of the molecule is Cc1cccc(OCc2ccccc2C(N)=O)c1C. The van der Waals surface area contributed by atoms with Gasteiger partial charge in [0.1, 0.15) is 12.4 Å². The zero-order valence-corrected chi connectivity index (χ0v) is 11.1. The van der Waals surface area contributed by atoms with Gasteiger partial charge >= 0.3 is 0 Å². The second-order valence-electron chi connectivity index (χ2n) is 4.51. The summed E-state index contributed by atoms with van der Waals surface area (Å²) in [6, 6.07) is 13.2. The van der Waals surface area contributed by atoms with Crippen molar-refractivity contribution in [3.63, 3.8) is 0 Å². The van der Waals surface area contributed by atoms with Gasteiger partial charge in [-0.2, -0.15) is 0 Å². The number of ether oxygens (including phenoxy) is 1. The number of nitrogens with two attached hydrogens (primary N) is 1. The van der Waals surface area contributed by atoms with Gasteiger partial charge in [-0.3, -0.25) is 4.79 Å². The van der Waals surface area contributed by atoms with Crippen LogP contribution in [0.15, 0.2) is 42.5 Å². The molecule has 0 aliphatic heterocycles. The van der Waals surface area contributed by atoms with Crippen LogP contribution in [-0.4, -0.2) is 5.91 Å². The summed E-state index contributed by atoms with van der Waals surface area (Å²) in [7, 11) is 0. The van der Waals surface area contributed by atoms with Crippen LogP contribution in [-0.2, 0) is 6.61 Å². The number of rotatable bonds is 4. The minimum atomic E-state index is -0.430. The first-order chi connectivity index (χ1) is 9.09. The third kappa shape index (κ3) is 2.94. The monoisotopic (exact) mass is 255 g/mol. The topological polar surface area (TPSA) is 52.3 Å². The molecule has 0 fully saturated rings. The molecule has 2 aromatic rings. The van der Waals surface area contributed by atoms with E-state index >= 15 is 0 Å².